The third-order valence-corrected chi connectivity index (χ3v) is 6.89. The van der Waals surface area contributed by atoms with Crippen molar-refractivity contribution in [2.24, 2.45) is 0 Å². The van der Waals surface area contributed by atoms with E-state index in [-0.39, 0.29) is 25.5 Å². The predicted molar refractivity (Wildman–Crippen MR) is 136 cm³/mol. The summed E-state index contributed by atoms with van der Waals surface area (Å²) < 4.78 is 54.5. The smallest absolute Gasteiger partial charge is 0.396 e. The van der Waals surface area contributed by atoms with Crippen LogP contribution < -0.4 is 0 Å². The van der Waals surface area contributed by atoms with E-state index in [4.69, 9.17) is 0 Å². The fourth-order valence-corrected chi connectivity index (χ4v) is 4.94. The number of thioether (sulfide) groups is 1. The van der Waals surface area contributed by atoms with Crippen LogP contribution in [0, 0.1) is 12.7 Å². The van der Waals surface area contributed by atoms with Crippen LogP contribution in [0.5, 0.6) is 0 Å². The number of aromatic nitrogens is 2. The first-order valence-corrected chi connectivity index (χ1v) is 12.2. The average molecular weight is 521 g/mol. The lowest BCUT2D eigenvalue weighted by Gasteiger charge is -2.16. The van der Waals surface area contributed by atoms with Crippen LogP contribution in [0.15, 0.2) is 60.0 Å². The summed E-state index contributed by atoms with van der Waals surface area (Å²) in [7, 11) is 0. The molecule has 9 heteroatoms. The topological polar surface area (TPSA) is 58.3 Å². The number of aryl methyl sites for hydroxylation is 1. The summed E-state index contributed by atoms with van der Waals surface area (Å²) in [5.41, 5.74) is 3.45. The molecule has 192 valence electrons. The minimum absolute atomic E-state index is 0.0326. The number of nitrogens with zero attached hydrogens (tertiary/aromatic N) is 2. The maximum absolute atomic E-state index is 13.9. The molecule has 0 aliphatic heterocycles. The van der Waals surface area contributed by atoms with E-state index in [1.807, 2.05) is 6.92 Å². The quantitative estimate of drug-likeness (QED) is 0.285. The Hall–Kier alpha value is -2.88. The number of alkyl halides is 3. The molecule has 0 saturated carbocycles. The van der Waals surface area contributed by atoms with Gasteiger partial charge in [-0.2, -0.15) is 18.3 Å². The molecule has 1 aromatic heterocycles. The van der Waals surface area contributed by atoms with Crippen LogP contribution in [0.1, 0.15) is 42.3 Å². The fourth-order valence-electron chi connectivity index (χ4n) is 3.95. The highest BCUT2D eigenvalue weighted by Crippen LogP contribution is 2.39. The Bertz CT molecular complexity index is 1250. The number of hydrogen-bond acceptors (Lipinski definition) is 4. The molecule has 36 heavy (non-hydrogen) atoms. The number of allylic oxidation sites excluding steroid dienone is 1. The van der Waals surface area contributed by atoms with Gasteiger partial charge >= 0.3 is 6.18 Å². The zero-order valence-electron chi connectivity index (χ0n) is 20.1. The number of rotatable bonds is 10. The van der Waals surface area contributed by atoms with Crippen LogP contribution in [0.3, 0.4) is 0 Å². The third-order valence-electron chi connectivity index (χ3n) is 5.72. The lowest BCUT2D eigenvalue weighted by Crippen LogP contribution is -2.05. The van der Waals surface area contributed by atoms with Crippen molar-refractivity contribution >= 4 is 22.4 Å². The SMILES string of the molecule is C=C(S/C(CCO)=C(\C)c1ccc(C(F)(F)F)cc1)n1nc(C)c(-c2cccc(F)c2)c1CCCO. The van der Waals surface area contributed by atoms with Gasteiger partial charge in [0.25, 0.3) is 0 Å². The van der Waals surface area contributed by atoms with Gasteiger partial charge in [-0.25, -0.2) is 9.07 Å². The summed E-state index contributed by atoms with van der Waals surface area (Å²) >= 11 is 1.27. The maximum Gasteiger partial charge on any atom is 0.416 e. The first kappa shape index (κ1) is 27.7. The van der Waals surface area contributed by atoms with Gasteiger partial charge in [-0.05, 0) is 72.6 Å². The van der Waals surface area contributed by atoms with Gasteiger partial charge in [0.2, 0.25) is 0 Å². The van der Waals surface area contributed by atoms with Gasteiger partial charge < -0.3 is 10.2 Å². The minimum Gasteiger partial charge on any atom is -0.396 e. The highest BCUT2D eigenvalue weighted by atomic mass is 32.2. The van der Waals surface area contributed by atoms with Crippen LogP contribution in [0.2, 0.25) is 0 Å². The van der Waals surface area contributed by atoms with Gasteiger partial charge in [0.15, 0.2) is 0 Å². The van der Waals surface area contributed by atoms with E-state index in [1.54, 1.807) is 23.7 Å². The molecule has 3 aromatic rings. The van der Waals surface area contributed by atoms with Gasteiger partial charge in [-0.3, -0.25) is 0 Å². The van der Waals surface area contributed by atoms with Crippen LogP contribution in [0.25, 0.3) is 21.7 Å². The summed E-state index contributed by atoms with van der Waals surface area (Å²) in [4.78, 5) is 0.732. The van der Waals surface area contributed by atoms with Gasteiger partial charge in [0, 0.05) is 25.2 Å². The normalized spacial score (nSPS) is 12.6. The van der Waals surface area contributed by atoms with Gasteiger partial charge in [-0.1, -0.05) is 42.6 Å². The van der Waals surface area contributed by atoms with E-state index < -0.39 is 11.7 Å². The second kappa shape index (κ2) is 11.9. The second-order valence-electron chi connectivity index (χ2n) is 8.25. The van der Waals surface area contributed by atoms with E-state index in [1.165, 1.54) is 36.0 Å². The summed E-state index contributed by atoms with van der Waals surface area (Å²) in [5.74, 6) is -0.374. The molecule has 0 bridgehead atoms. The van der Waals surface area contributed by atoms with Crippen LogP contribution in [0.4, 0.5) is 17.6 Å². The van der Waals surface area contributed by atoms with Gasteiger partial charge in [0.1, 0.15) is 5.82 Å². The van der Waals surface area contributed by atoms with Gasteiger partial charge in [-0.15, -0.1) is 0 Å². The molecule has 0 atom stereocenters. The largest absolute Gasteiger partial charge is 0.416 e. The monoisotopic (exact) mass is 520 g/mol. The highest BCUT2D eigenvalue weighted by molar-refractivity contribution is 8.11. The number of benzene rings is 2. The van der Waals surface area contributed by atoms with Crippen molar-refractivity contribution in [3.8, 4) is 11.1 Å². The Balaban J connectivity index is 2.00. The molecule has 2 N–H and O–H groups in total. The molecule has 0 aliphatic rings. The Morgan fingerprint density at radius 1 is 1.08 bits per heavy atom. The average Bonchev–Trinajstić information content (AvgIpc) is 3.17. The van der Waals surface area contributed by atoms with Crippen molar-refractivity contribution in [3.63, 3.8) is 0 Å². The molecule has 3 rings (SSSR count). The molecule has 2 aromatic carbocycles. The van der Waals surface area contributed by atoms with Crippen LogP contribution in [-0.4, -0.2) is 33.2 Å². The minimum atomic E-state index is -4.42. The number of aliphatic hydroxyl groups excluding tert-OH is 2. The zero-order chi connectivity index (χ0) is 26.5. The molecule has 0 unspecified atom stereocenters. The predicted octanol–water partition coefficient (Wildman–Crippen LogP) is 6.92. The molecule has 0 amide bonds. The molecule has 0 fully saturated rings. The number of halogens is 4. The first-order chi connectivity index (χ1) is 17.1. The van der Waals surface area contributed by atoms with Crippen molar-refractivity contribution in [2.75, 3.05) is 13.2 Å². The Morgan fingerprint density at radius 2 is 1.78 bits per heavy atom. The standard InChI is InChI=1S/C27H28F4N2O2S/c1-17(20-9-11-22(12-10-20)27(29,30)31)25(13-15-35)36-19(3)33-24(8-5-14-34)26(18(2)32-33)21-6-4-7-23(28)16-21/h4,6-7,9-12,16,34-35H,3,5,8,13-15H2,1-2H3/b25-17+. The van der Waals surface area contributed by atoms with Crippen LogP contribution in [-0.2, 0) is 12.6 Å². The Kier molecular flexibility index (Phi) is 9.16. The van der Waals surface area contributed by atoms with Crippen molar-refractivity contribution in [1.29, 1.82) is 0 Å². The Labute approximate surface area is 212 Å². The molecule has 0 radical (unpaired) electrons. The van der Waals surface area contributed by atoms with Crippen LogP contribution >= 0.6 is 11.8 Å². The first-order valence-electron chi connectivity index (χ1n) is 11.4. The molecule has 0 spiro atoms. The lowest BCUT2D eigenvalue weighted by atomic mass is 10.0. The molecule has 0 aliphatic carbocycles. The molecule has 1 heterocycles. The summed E-state index contributed by atoms with van der Waals surface area (Å²) in [6.07, 6.45) is -3.20. The van der Waals surface area contributed by atoms with Gasteiger partial charge in [0.05, 0.1) is 22.0 Å². The van der Waals surface area contributed by atoms with E-state index in [2.05, 4.69) is 11.7 Å². The maximum atomic E-state index is 13.9. The molecular weight excluding hydrogens is 492 g/mol. The fraction of sp³-hybridized carbons (Fsp3) is 0.296. The number of hydrogen-bond donors (Lipinski definition) is 2. The lowest BCUT2D eigenvalue weighted by molar-refractivity contribution is -0.137. The van der Waals surface area contributed by atoms with Crippen molar-refractivity contribution in [1.82, 2.24) is 9.78 Å². The van der Waals surface area contributed by atoms with E-state index in [9.17, 15) is 27.8 Å². The Morgan fingerprint density at radius 3 is 2.36 bits per heavy atom. The van der Waals surface area contributed by atoms with E-state index >= 15 is 0 Å². The second-order valence-corrected chi connectivity index (χ2v) is 9.42. The summed E-state index contributed by atoms with van der Waals surface area (Å²) in [6, 6.07) is 11.1. The zero-order valence-corrected chi connectivity index (χ0v) is 20.9. The van der Waals surface area contributed by atoms with Crippen molar-refractivity contribution in [3.05, 3.63) is 88.3 Å². The number of aliphatic hydroxyl groups is 2. The third kappa shape index (κ3) is 6.46. The molecule has 4 nitrogen and oxygen atoms in total. The highest BCUT2D eigenvalue weighted by Gasteiger charge is 2.30. The van der Waals surface area contributed by atoms with E-state index in [0.29, 0.717) is 34.7 Å². The van der Waals surface area contributed by atoms with E-state index in [0.717, 1.165) is 33.9 Å². The molecule has 0 saturated heterocycles. The summed E-state index contributed by atoms with van der Waals surface area (Å²) in [6.45, 7) is 7.58. The molecular formula is C27H28F4N2O2S. The van der Waals surface area contributed by atoms with Crippen molar-refractivity contribution < 1.29 is 27.8 Å². The van der Waals surface area contributed by atoms with Crippen molar-refractivity contribution in [2.45, 2.75) is 39.3 Å². The summed E-state index contributed by atoms with van der Waals surface area (Å²) in [5, 5.41) is 24.2.